The van der Waals surface area contributed by atoms with E-state index in [4.69, 9.17) is 4.42 Å². The first-order valence-corrected chi connectivity index (χ1v) is 9.31. The Morgan fingerprint density at radius 2 is 2.04 bits per heavy atom. The van der Waals surface area contributed by atoms with Crippen LogP contribution in [0.2, 0.25) is 0 Å². The van der Waals surface area contributed by atoms with Crippen LogP contribution in [0.15, 0.2) is 63.3 Å². The number of H-pyrrole nitrogens is 1. The van der Waals surface area contributed by atoms with Crippen LogP contribution in [0.5, 0.6) is 0 Å². The monoisotopic (exact) mass is 365 g/mol. The van der Waals surface area contributed by atoms with E-state index in [0.717, 1.165) is 10.4 Å². The highest BCUT2D eigenvalue weighted by molar-refractivity contribution is 7.17. The van der Waals surface area contributed by atoms with Gasteiger partial charge in [0.15, 0.2) is 0 Å². The molecule has 0 bridgehead atoms. The molecule has 5 nitrogen and oxygen atoms in total. The molecule has 0 unspecified atom stereocenters. The van der Waals surface area contributed by atoms with Crippen LogP contribution in [-0.4, -0.2) is 21.9 Å². The highest BCUT2D eigenvalue weighted by Crippen LogP contribution is 2.31. The Morgan fingerprint density at radius 3 is 2.77 bits per heavy atom. The fourth-order valence-corrected chi connectivity index (χ4v) is 3.99. The highest BCUT2D eigenvalue weighted by Gasteiger charge is 2.17. The van der Waals surface area contributed by atoms with Crippen molar-refractivity contribution in [1.82, 2.24) is 14.9 Å². The zero-order chi connectivity index (χ0) is 18.1. The molecule has 3 aromatic heterocycles. The van der Waals surface area contributed by atoms with E-state index in [9.17, 15) is 4.79 Å². The molecule has 4 rings (SSSR count). The summed E-state index contributed by atoms with van der Waals surface area (Å²) in [5.41, 5.74) is 1.90. The van der Waals surface area contributed by atoms with E-state index in [-0.39, 0.29) is 11.6 Å². The van der Waals surface area contributed by atoms with Gasteiger partial charge in [-0.3, -0.25) is 9.69 Å². The van der Waals surface area contributed by atoms with Crippen molar-refractivity contribution < 1.29 is 4.42 Å². The molecule has 1 N–H and O–H groups in total. The number of hydrogen-bond acceptors (Lipinski definition) is 5. The van der Waals surface area contributed by atoms with Crippen LogP contribution in [0.1, 0.15) is 24.4 Å². The van der Waals surface area contributed by atoms with Crippen molar-refractivity contribution in [2.45, 2.75) is 19.5 Å². The molecule has 132 valence electrons. The highest BCUT2D eigenvalue weighted by atomic mass is 32.1. The first-order valence-electron chi connectivity index (χ1n) is 8.43. The lowest BCUT2D eigenvalue weighted by Crippen LogP contribution is -2.24. The lowest BCUT2D eigenvalue weighted by molar-refractivity contribution is 0.247. The summed E-state index contributed by atoms with van der Waals surface area (Å²) < 4.78 is 5.43. The Kier molecular flexibility index (Phi) is 4.44. The minimum Gasteiger partial charge on any atom is -0.464 e. The second-order valence-electron chi connectivity index (χ2n) is 6.32. The number of nitrogens with one attached hydrogen (secondary N) is 1. The Labute approximate surface area is 154 Å². The molecule has 0 spiro atoms. The van der Waals surface area contributed by atoms with Crippen LogP contribution in [0.3, 0.4) is 0 Å². The first-order chi connectivity index (χ1) is 12.6. The Morgan fingerprint density at radius 1 is 1.23 bits per heavy atom. The SMILES string of the molecule is C[C@@H](c1ccccc1)N(C)Cc1nc2scc(-c3ccco3)c2c(=O)[nH]1. The van der Waals surface area contributed by atoms with E-state index in [0.29, 0.717) is 23.5 Å². The van der Waals surface area contributed by atoms with E-state index in [1.165, 1.54) is 16.9 Å². The fourth-order valence-electron chi connectivity index (χ4n) is 3.04. The zero-order valence-corrected chi connectivity index (χ0v) is 15.4. The molecule has 0 saturated heterocycles. The summed E-state index contributed by atoms with van der Waals surface area (Å²) in [6.07, 6.45) is 1.61. The smallest absolute Gasteiger partial charge is 0.260 e. The van der Waals surface area contributed by atoms with Crippen LogP contribution in [0.4, 0.5) is 0 Å². The predicted octanol–water partition coefficient (Wildman–Crippen LogP) is 4.44. The van der Waals surface area contributed by atoms with Gasteiger partial charge in [-0.2, -0.15) is 0 Å². The predicted molar refractivity (Wildman–Crippen MR) is 104 cm³/mol. The minimum absolute atomic E-state index is 0.126. The third kappa shape index (κ3) is 3.09. The van der Waals surface area contributed by atoms with Crippen LogP contribution in [-0.2, 0) is 6.54 Å². The van der Waals surface area contributed by atoms with Gasteiger partial charge >= 0.3 is 0 Å². The second-order valence-corrected chi connectivity index (χ2v) is 7.18. The molecule has 0 fully saturated rings. The first kappa shape index (κ1) is 16.8. The molecule has 0 aliphatic carbocycles. The maximum absolute atomic E-state index is 12.6. The van der Waals surface area contributed by atoms with Crippen LogP contribution < -0.4 is 5.56 Å². The zero-order valence-electron chi connectivity index (χ0n) is 14.6. The number of hydrogen-bond donors (Lipinski definition) is 1. The second kappa shape index (κ2) is 6.90. The molecular formula is C20H19N3O2S. The Bertz CT molecular complexity index is 1070. The average molecular weight is 365 g/mol. The van der Waals surface area contributed by atoms with Crippen molar-refractivity contribution in [2.75, 3.05) is 7.05 Å². The van der Waals surface area contributed by atoms with Gasteiger partial charge in [-0.15, -0.1) is 11.3 Å². The van der Waals surface area contributed by atoms with Gasteiger partial charge in [-0.25, -0.2) is 4.98 Å². The third-order valence-corrected chi connectivity index (χ3v) is 5.49. The normalized spacial score (nSPS) is 12.7. The molecule has 0 amide bonds. The molecule has 0 aliphatic rings. The van der Waals surface area contributed by atoms with Crippen LogP contribution in [0, 0.1) is 0 Å². The minimum atomic E-state index is -0.126. The quantitative estimate of drug-likeness (QED) is 0.568. The van der Waals surface area contributed by atoms with Crippen LogP contribution >= 0.6 is 11.3 Å². The molecule has 6 heteroatoms. The van der Waals surface area contributed by atoms with Crippen molar-refractivity contribution in [3.8, 4) is 11.3 Å². The standard InChI is InChI=1S/C20H19N3O2S/c1-13(14-7-4-3-5-8-14)23(2)11-17-21-19(24)18-15(12-26-20(18)22-17)16-9-6-10-25-16/h3-10,12-13H,11H2,1-2H3,(H,21,22,24)/t13-/m0/s1. The summed E-state index contributed by atoms with van der Waals surface area (Å²) in [5.74, 6) is 1.35. The summed E-state index contributed by atoms with van der Waals surface area (Å²) >= 11 is 1.46. The number of aromatic nitrogens is 2. The fraction of sp³-hybridized carbons (Fsp3) is 0.200. The molecule has 1 atom stereocenters. The molecule has 4 aromatic rings. The number of nitrogens with zero attached hydrogens (tertiary/aromatic N) is 2. The Balaban J connectivity index is 1.63. The van der Waals surface area contributed by atoms with E-state index in [2.05, 4.69) is 33.9 Å². The van der Waals surface area contributed by atoms with Crippen molar-refractivity contribution in [1.29, 1.82) is 0 Å². The van der Waals surface area contributed by atoms with Crippen molar-refractivity contribution in [2.24, 2.45) is 0 Å². The molecule has 0 aliphatic heterocycles. The third-order valence-electron chi connectivity index (χ3n) is 4.62. The van der Waals surface area contributed by atoms with Gasteiger partial charge in [0.2, 0.25) is 0 Å². The largest absolute Gasteiger partial charge is 0.464 e. The van der Waals surface area contributed by atoms with Gasteiger partial charge in [0.1, 0.15) is 16.4 Å². The topological polar surface area (TPSA) is 62.1 Å². The Hall–Kier alpha value is -2.70. The molecule has 26 heavy (non-hydrogen) atoms. The summed E-state index contributed by atoms with van der Waals surface area (Å²) in [6.45, 7) is 2.71. The van der Waals surface area contributed by atoms with Crippen LogP contribution in [0.25, 0.3) is 21.5 Å². The van der Waals surface area contributed by atoms with Crippen molar-refractivity contribution >= 4 is 21.6 Å². The number of aromatic amines is 1. The van der Waals surface area contributed by atoms with Gasteiger partial charge in [0, 0.05) is 17.0 Å². The van der Waals surface area contributed by atoms with Crippen molar-refractivity contribution in [3.05, 3.63) is 75.8 Å². The summed E-state index contributed by atoms with van der Waals surface area (Å²) in [5, 5.41) is 2.51. The average Bonchev–Trinajstić information content (AvgIpc) is 3.31. The number of fused-ring (bicyclic) bond motifs is 1. The summed E-state index contributed by atoms with van der Waals surface area (Å²) in [4.78, 5) is 23.1. The molecular weight excluding hydrogens is 346 g/mol. The molecule has 3 heterocycles. The molecule has 0 radical (unpaired) electrons. The lowest BCUT2D eigenvalue weighted by Gasteiger charge is -2.24. The molecule has 1 aromatic carbocycles. The number of rotatable bonds is 5. The van der Waals surface area contributed by atoms with Gasteiger partial charge in [-0.05, 0) is 31.7 Å². The van der Waals surface area contributed by atoms with Gasteiger partial charge in [0.05, 0.1) is 18.2 Å². The summed E-state index contributed by atoms with van der Waals surface area (Å²) in [7, 11) is 2.03. The van der Waals surface area contributed by atoms with Crippen molar-refractivity contribution in [3.63, 3.8) is 0 Å². The van der Waals surface area contributed by atoms with Gasteiger partial charge < -0.3 is 9.40 Å². The molecule has 0 saturated carbocycles. The van der Waals surface area contributed by atoms with E-state index < -0.39 is 0 Å². The number of furan rings is 1. The van der Waals surface area contributed by atoms with Gasteiger partial charge in [-0.1, -0.05) is 30.3 Å². The van der Waals surface area contributed by atoms with Gasteiger partial charge in [0.25, 0.3) is 5.56 Å². The number of benzene rings is 1. The van der Waals surface area contributed by atoms with E-state index in [1.807, 2.05) is 42.8 Å². The maximum Gasteiger partial charge on any atom is 0.260 e. The van der Waals surface area contributed by atoms with E-state index >= 15 is 0 Å². The maximum atomic E-state index is 12.6. The van der Waals surface area contributed by atoms with E-state index in [1.54, 1.807) is 6.26 Å². The number of thiophene rings is 1. The lowest BCUT2D eigenvalue weighted by atomic mass is 10.1. The summed E-state index contributed by atoms with van der Waals surface area (Å²) in [6, 6.07) is 14.2.